The second-order valence-corrected chi connectivity index (χ2v) is 3.63. The van der Waals surface area contributed by atoms with Crippen LogP contribution in [0.5, 0.6) is 0 Å². The third-order valence-corrected chi connectivity index (χ3v) is 2.42. The molecule has 0 aliphatic rings. The number of rotatable bonds is 3. The predicted octanol–water partition coefficient (Wildman–Crippen LogP) is 1.98. The van der Waals surface area contributed by atoms with Gasteiger partial charge in [-0.1, -0.05) is 0 Å². The fourth-order valence-corrected chi connectivity index (χ4v) is 1.39. The van der Waals surface area contributed by atoms with Crippen LogP contribution in [0.2, 0.25) is 0 Å². The summed E-state index contributed by atoms with van der Waals surface area (Å²) in [4.78, 5) is 8.11. The van der Waals surface area contributed by atoms with E-state index in [4.69, 9.17) is 5.73 Å². The molecule has 2 rings (SSSR count). The van der Waals surface area contributed by atoms with Gasteiger partial charge in [0.1, 0.15) is 5.82 Å². The molecule has 2 aromatic rings. The number of aromatic nitrogens is 2. The summed E-state index contributed by atoms with van der Waals surface area (Å²) in [5.41, 5.74) is 8.87. The second kappa shape index (κ2) is 4.61. The highest BCUT2D eigenvalue weighted by Gasteiger charge is 1.98. The maximum absolute atomic E-state index is 5.51. The van der Waals surface area contributed by atoms with Crippen molar-refractivity contribution in [3.63, 3.8) is 0 Å². The molecule has 2 heterocycles. The van der Waals surface area contributed by atoms with Crippen LogP contribution in [0.1, 0.15) is 11.1 Å². The molecule has 4 heteroatoms. The first-order chi connectivity index (χ1) is 7.75. The Kier molecular flexibility index (Phi) is 3.00. The number of nitrogens with two attached hydrogens (primary N) is 1. The number of nitrogen functional groups attached to an aromatic ring is 1. The zero-order chi connectivity index (χ0) is 11.4. The van der Waals surface area contributed by atoms with Crippen molar-refractivity contribution in [3.05, 3.63) is 47.9 Å². The lowest BCUT2D eigenvalue weighted by Gasteiger charge is -2.07. The SMILES string of the molecule is Cc1ccncc1CNc1ccc(N)nc1. The van der Waals surface area contributed by atoms with Gasteiger partial charge in [-0.3, -0.25) is 4.98 Å². The summed E-state index contributed by atoms with van der Waals surface area (Å²) in [5, 5.41) is 3.27. The van der Waals surface area contributed by atoms with Crippen LogP contribution in [0.15, 0.2) is 36.8 Å². The van der Waals surface area contributed by atoms with Crippen LogP contribution in [-0.4, -0.2) is 9.97 Å². The van der Waals surface area contributed by atoms with E-state index in [-0.39, 0.29) is 0 Å². The minimum atomic E-state index is 0.531. The van der Waals surface area contributed by atoms with Gasteiger partial charge in [0.15, 0.2) is 0 Å². The first-order valence-electron chi connectivity index (χ1n) is 5.10. The molecule has 0 atom stereocenters. The average molecular weight is 214 g/mol. The normalized spacial score (nSPS) is 10.1. The number of anilines is 2. The molecular formula is C12H14N4. The lowest BCUT2D eigenvalue weighted by Crippen LogP contribution is -2.02. The number of pyridine rings is 2. The average Bonchev–Trinajstić information content (AvgIpc) is 2.30. The van der Waals surface area contributed by atoms with E-state index in [1.165, 1.54) is 11.1 Å². The summed E-state index contributed by atoms with van der Waals surface area (Å²) in [5.74, 6) is 0.531. The van der Waals surface area contributed by atoms with E-state index in [1.807, 2.05) is 18.3 Å². The summed E-state index contributed by atoms with van der Waals surface area (Å²) < 4.78 is 0. The van der Waals surface area contributed by atoms with Gasteiger partial charge in [-0.05, 0) is 36.2 Å². The number of hydrogen-bond donors (Lipinski definition) is 2. The van der Waals surface area contributed by atoms with E-state index < -0.39 is 0 Å². The molecule has 16 heavy (non-hydrogen) atoms. The quantitative estimate of drug-likeness (QED) is 0.820. The van der Waals surface area contributed by atoms with Crippen molar-refractivity contribution in [2.75, 3.05) is 11.1 Å². The molecule has 0 spiro atoms. The topological polar surface area (TPSA) is 63.8 Å². The van der Waals surface area contributed by atoms with Crippen molar-refractivity contribution in [2.45, 2.75) is 13.5 Å². The molecule has 0 radical (unpaired) electrons. The molecule has 0 saturated heterocycles. The Bertz CT molecular complexity index is 465. The highest BCUT2D eigenvalue weighted by Crippen LogP contribution is 2.11. The van der Waals surface area contributed by atoms with Crippen LogP contribution in [-0.2, 0) is 6.54 Å². The van der Waals surface area contributed by atoms with Crippen molar-refractivity contribution in [1.29, 1.82) is 0 Å². The van der Waals surface area contributed by atoms with Gasteiger partial charge in [-0.25, -0.2) is 4.98 Å². The molecule has 4 nitrogen and oxygen atoms in total. The van der Waals surface area contributed by atoms with E-state index in [2.05, 4.69) is 22.2 Å². The molecule has 0 amide bonds. The Morgan fingerprint density at radius 2 is 2.12 bits per heavy atom. The predicted molar refractivity (Wildman–Crippen MR) is 65.0 cm³/mol. The molecule has 0 aromatic carbocycles. The molecule has 0 unspecified atom stereocenters. The van der Waals surface area contributed by atoms with E-state index >= 15 is 0 Å². The summed E-state index contributed by atoms with van der Waals surface area (Å²) in [6.45, 7) is 2.81. The van der Waals surface area contributed by atoms with Crippen molar-refractivity contribution < 1.29 is 0 Å². The van der Waals surface area contributed by atoms with Crippen LogP contribution in [0, 0.1) is 6.92 Å². The summed E-state index contributed by atoms with van der Waals surface area (Å²) in [6, 6.07) is 5.69. The number of aryl methyl sites for hydroxylation is 1. The smallest absolute Gasteiger partial charge is 0.123 e. The molecule has 0 bridgehead atoms. The fraction of sp³-hybridized carbons (Fsp3) is 0.167. The maximum atomic E-state index is 5.51. The van der Waals surface area contributed by atoms with Crippen molar-refractivity contribution in [3.8, 4) is 0 Å². The molecular weight excluding hydrogens is 200 g/mol. The monoisotopic (exact) mass is 214 g/mol. The standard InChI is InChI=1S/C12H14N4/c1-9-4-5-14-6-10(9)7-15-11-2-3-12(13)16-8-11/h2-6,8,15H,7H2,1H3,(H2,13,16). The Balaban J connectivity index is 2.02. The second-order valence-electron chi connectivity index (χ2n) is 3.63. The molecule has 0 fully saturated rings. The number of nitrogens with zero attached hydrogens (tertiary/aromatic N) is 2. The fourth-order valence-electron chi connectivity index (χ4n) is 1.39. The highest BCUT2D eigenvalue weighted by molar-refractivity contribution is 5.45. The van der Waals surface area contributed by atoms with Crippen LogP contribution in [0.3, 0.4) is 0 Å². The molecule has 0 aliphatic heterocycles. The van der Waals surface area contributed by atoms with E-state index in [0.717, 1.165) is 12.2 Å². The molecule has 0 saturated carbocycles. The van der Waals surface area contributed by atoms with Crippen molar-refractivity contribution in [2.24, 2.45) is 0 Å². The summed E-state index contributed by atoms with van der Waals surface area (Å²) in [7, 11) is 0. The van der Waals surface area contributed by atoms with Gasteiger partial charge < -0.3 is 11.1 Å². The van der Waals surface area contributed by atoms with Crippen molar-refractivity contribution in [1.82, 2.24) is 9.97 Å². The lowest BCUT2D eigenvalue weighted by molar-refractivity contribution is 1.08. The molecule has 2 aromatic heterocycles. The molecule has 3 N–H and O–H groups in total. The van der Waals surface area contributed by atoms with Crippen LogP contribution < -0.4 is 11.1 Å². The van der Waals surface area contributed by atoms with Gasteiger partial charge in [-0.15, -0.1) is 0 Å². The Morgan fingerprint density at radius 1 is 1.25 bits per heavy atom. The minimum absolute atomic E-state index is 0.531. The van der Waals surface area contributed by atoms with Gasteiger partial charge in [0, 0.05) is 18.9 Å². The van der Waals surface area contributed by atoms with Crippen LogP contribution >= 0.6 is 0 Å². The zero-order valence-electron chi connectivity index (χ0n) is 9.14. The van der Waals surface area contributed by atoms with E-state index in [9.17, 15) is 0 Å². The minimum Gasteiger partial charge on any atom is -0.384 e. The Labute approximate surface area is 94.5 Å². The lowest BCUT2D eigenvalue weighted by atomic mass is 10.1. The van der Waals surface area contributed by atoms with Gasteiger partial charge in [0.05, 0.1) is 11.9 Å². The third kappa shape index (κ3) is 2.48. The van der Waals surface area contributed by atoms with Gasteiger partial charge >= 0.3 is 0 Å². The third-order valence-electron chi connectivity index (χ3n) is 2.42. The van der Waals surface area contributed by atoms with E-state index in [0.29, 0.717) is 5.82 Å². The summed E-state index contributed by atoms with van der Waals surface area (Å²) in [6.07, 6.45) is 5.39. The Morgan fingerprint density at radius 3 is 2.81 bits per heavy atom. The molecule has 82 valence electrons. The van der Waals surface area contributed by atoms with E-state index in [1.54, 1.807) is 18.5 Å². The highest BCUT2D eigenvalue weighted by atomic mass is 14.9. The Hall–Kier alpha value is -2.10. The van der Waals surface area contributed by atoms with Crippen LogP contribution in [0.25, 0.3) is 0 Å². The first-order valence-corrected chi connectivity index (χ1v) is 5.10. The first kappa shape index (κ1) is 10.4. The zero-order valence-corrected chi connectivity index (χ0v) is 9.14. The number of hydrogen-bond acceptors (Lipinski definition) is 4. The summed E-state index contributed by atoms with van der Waals surface area (Å²) >= 11 is 0. The van der Waals surface area contributed by atoms with Gasteiger partial charge in [-0.2, -0.15) is 0 Å². The molecule has 0 aliphatic carbocycles. The van der Waals surface area contributed by atoms with Gasteiger partial charge in [0.25, 0.3) is 0 Å². The van der Waals surface area contributed by atoms with Crippen molar-refractivity contribution >= 4 is 11.5 Å². The van der Waals surface area contributed by atoms with Crippen LogP contribution in [0.4, 0.5) is 11.5 Å². The largest absolute Gasteiger partial charge is 0.384 e. The maximum Gasteiger partial charge on any atom is 0.123 e. The number of nitrogens with one attached hydrogen (secondary N) is 1. The van der Waals surface area contributed by atoms with Gasteiger partial charge in [0.2, 0.25) is 0 Å².